The standard InChI is InChI=1S/C13H17NO/c1-9-7-8-11-5-3-4-6-12(11)13(9)14-10(2)15/h3-6,9,13H,7-8H2,1-2H3,(H,14,15)/t9-,13-/m0/s1. The Balaban J connectivity index is 2.32. The van der Waals surface area contributed by atoms with E-state index in [1.54, 1.807) is 6.92 Å². The molecule has 0 aliphatic heterocycles. The number of carbonyl (C=O) groups is 1. The van der Waals surface area contributed by atoms with Gasteiger partial charge in [-0.25, -0.2) is 0 Å². The first kappa shape index (κ1) is 10.2. The van der Waals surface area contributed by atoms with E-state index in [0.29, 0.717) is 5.92 Å². The zero-order valence-corrected chi connectivity index (χ0v) is 9.29. The summed E-state index contributed by atoms with van der Waals surface area (Å²) in [6.45, 7) is 3.79. The molecule has 0 heterocycles. The van der Waals surface area contributed by atoms with Crippen LogP contribution in [0.25, 0.3) is 0 Å². The predicted molar refractivity (Wildman–Crippen MR) is 60.5 cm³/mol. The maximum Gasteiger partial charge on any atom is 0.217 e. The number of benzene rings is 1. The number of aryl methyl sites for hydroxylation is 1. The van der Waals surface area contributed by atoms with Crippen LogP contribution < -0.4 is 5.32 Å². The van der Waals surface area contributed by atoms with Gasteiger partial charge < -0.3 is 5.32 Å². The van der Waals surface area contributed by atoms with Crippen LogP contribution in [0.15, 0.2) is 24.3 Å². The van der Waals surface area contributed by atoms with Gasteiger partial charge in [-0.1, -0.05) is 31.2 Å². The van der Waals surface area contributed by atoms with Crippen LogP contribution in [-0.4, -0.2) is 5.91 Å². The lowest BCUT2D eigenvalue weighted by Gasteiger charge is -2.31. The molecule has 1 N–H and O–H groups in total. The zero-order valence-electron chi connectivity index (χ0n) is 9.29. The molecule has 0 fully saturated rings. The number of fused-ring (bicyclic) bond motifs is 1. The van der Waals surface area contributed by atoms with E-state index >= 15 is 0 Å². The van der Waals surface area contributed by atoms with Gasteiger partial charge in [-0.2, -0.15) is 0 Å². The summed E-state index contributed by atoms with van der Waals surface area (Å²) in [5.41, 5.74) is 2.68. The average Bonchev–Trinajstić information content (AvgIpc) is 2.22. The average molecular weight is 203 g/mol. The first-order chi connectivity index (χ1) is 7.18. The summed E-state index contributed by atoms with van der Waals surface area (Å²) in [5.74, 6) is 0.590. The molecule has 0 saturated heterocycles. The second-order valence-corrected chi connectivity index (χ2v) is 4.39. The molecule has 15 heavy (non-hydrogen) atoms. The fourth-order valence-electron chi connectivity index (χ4n) is 2.36. The minimum absolute atomic E-state index is 0.0588. The normalized spacial score (nSPS) is 24.4. The van der Waals surface area contributed by atoms with Crippen molar-refractivity contribution in [3.8, 4) is 0 Å². The third kappa shape index (κ3) is 2.04. The molecule has 0 unspecified atom stereocenters. The van der Waals surface area contributed by atoms with Crippen molar-refractivity contribution < 1.29 is 4.79 Å². The van der Waals surface area contributed by atoms with E-state index in [1.807, 2.05) is 6.07 Å². The number of carbonyl (C=O) groups excluding carboxylic acids is 1. The molecule has 80 valence electrons. The monoisotopic (exact) mass is 203 g/mol. The highest BCUT2D eigenvalue weighted by Gasteiger charge is 2.26. The number of hydrogen-bond acceptors (Lipinski definition) is 1. The molecule has 0 saturated carbocycles. The van der Waals surface area contributed by atoms with Crippen molar-refractivity contribution in [3.63, 3.8) is 0 Å². The summed E-state index contributed by atoms with van der Waals surface area (Å²) in [6.07, 6.45) is 2.29. The Morgan fingerprint density at radius 3 is 2.87 bits per heavy atom. The van der Waals surface area contributed by atoms with Crippen LogP contribution in [0.3, 0.4) is 0 Å². The van der Waals surface area contributed by atoms with Crippen molar-refractivity contribution in [2.45, 2.75) is 32.7 Å². The van der Waals surface area contributed by atoms with Crippen LogP contribution in [0.2, 0.25) is 0 Å². The first-order valence-corrected chi connectivity index (χ1v) is 5.53. The molecule has 2 rings (SSSR count). The second-order valence-electron chi connectivity index (χ2n) is 4.39. The Morgan fingerprint density at radius 2 is 2.13 bits per heavy atom. The van der Waals surface area contributed by atoms with Gasteiger partial charge in [-0.05, 0) is 29.9 Å². The molecule has 1 aromatic carbocycles. The summed E-state index contributed by atoms with van der Waals surface area (Å²) < 4.78 is 0. The maximum absolute atomic E-state index is 11.2. The van der Waals surface area contributed by atoms with Crippen molar-refractivity contribution in [2.75, 3.05) is 0 Å². The fourth-order valence-corrected chi connectivity index (χ4v) is 2.36. The SMILES string of the molecule is CC(=O)N[C@@H]1c2ccccc2CC[C@@H]1C. The highest BCUT2D eigenvalue weighted by atomic mass is 16.1. The lowest BCUT2D eigenvalue weighted by atomic mass is 9.81. The van der Waals surface area contributed by atoms with Crippen LogP contribution in [-0.2, 0) is 11.2 Å². The van der Waals surface area contributed by atoms with Gasteiger partial charge in [0.15, 0.2) is 0 Å². The lowest BCUT2D eigenvalue weighted by molar-refractivity contribution is -0.120. The lowest BCUT2D eigenvalue weighted by Crippen LogP contribution is -2.33. The molecule has 0 bridgehead atoms. The highest BCUT2D eigenvalue weighted by Crippen LogP contribution is 2.33. The van der Waals surface area contributed by atoms with Crippen molar-refractivity contribution in [3.05, 3.63) is 35.4 Å². The van der Waals surface area contributed by atoms with Crippen LogP contribution in [0.4, 0.5) is 0 Å². The van der Waals surface area contributed by atoms with Gasteiger partial charge in [0, 0.05) is 6.92 Å². The zero-order chi connectivity index (χ0) is 10.8. The van der Waals surface area contributed by atoms with Crippen LogP contribution in [0, 0.1) is 5.92 Å². The fraction of sp³-hybridized carbons (Fsp3) is 0.462. The Morgan fingerprint density at radius 1 is 1.40 bits per heavy atom. The summed E-state index contributed by atoms with van der Waals surface area (Å²) in [7, 11) is 0. The third-order valence-corrected chi connectivity index (χ3v) is 3.19. The third-order valence-electron chi connectivity index (χ3n) is 3.19. The second kappa shape index (κ2) is 4.05. The quantitative estimate of drug-likeness (QED) is 0.746. The number of amides is 1. The van der Waals surface area contributed by atoms with Gasteiger partial charge >= 0.3 is 0 Å². The van der Waals surface area contributed by atoms with E-state index in [4.69, 9.17) is 0 Å². The first-order valence-electron chi connectivity index (χ1n) is 5.53. The van der Waals surface area contributed by atoms with Crippen molar-refractivity contribution in [2.24, 2.45) is 5.92 Å². The molecule has 2 heteroatoms. The molecule has 0 aromatic heterocycles. The molecule has 2 atom stereocenters. The van der Waals surface area contributed by atoms with E-state index in [0.717, 1.165) is 12.8 Å². The molecule has 0 radical (unpaired) electrons. The molecular formula is C13H17NO. The number of nitrogens with one attached hydrogen (secondary N) is 1. The molecular weight excluding hydrogens is 186 g/mol. The van der Waals surface area contributed by atoms with Gasteiger partial charge in [0.1, 0.15) is 0 Å². The minimum atomic E-state index is 0.0588. The van der Waals surface area contributed by atoms with Gasteiger partial charge in [-0.15, -0.1) is 0 Å². The summed E-state index contributed by atoms with van der Waals surface area (Å²) in [5, 5.41) is 3.05. The van der Waals surface area contributed by atoms with Gasteiger partial charge in [0.2, 0.25) is 5.91 Å². The number of hydrogen-bond donors (Lipinski definition) is 1. The van der Waals surface area contributed by atoms with Gasteiger partial charge in [0.25, 0.3) is 0 Å². The van der Waals surface area contributed by atoms with Crippen LogP contribution >= 0.6 is 0 Å². The van der Waals surface area contributed by atoms with E-state index in [1.165, 1.54) is 11.1 Å². The van der Waals surface area contributed by atoms with Crippen molar-refractivity contribution in [1.29, 1.82) is 0 Å². The summed E-state index contributed by atoms with van der Waals surface area (Å²) in [4.78, 5) is 11.2. The van der Waals surface area contributed by atoms with Gasteiger partial charge in [0.05, 0.1) is 6.04 Å². The topological polar surface area (TPSA) is 29.1 Å². The predicted octanol–water partition coefficient (Wildman–Crippen LogP) is 2.45. The molecule has 1 aromatic rings. The van der Waals surface area contributed by atoms with Crippen LogP contribution in [0.1, 0.15) is 37.4 Å². The minimum Gasteiger partial charge on any atom is -0.349 e. The van der Waals surface area contributed by atoms with E-state index in [-0.39, 0.29) is 11.9 Å². The van der Waals surface area contributed by atoms with Gasteiger partial charge in [-0.3, -0.25) is 4.79 Å². The summed E-state index contributed by atoms with van der Waals surface area (Å²) in [6, 6.07) is 8.61. The van der Waals surface area contributed by atoms with E-state index in [2.05, 4.69) is 30.4 Å². The molecule has 0 spiro atoms. The van der Waals surface area contributed by atoms with E-state index in [9.17, 15) is 4.79 Å². The maximum atomic E-state index is 11.2. The molecule has 2 nitrogen and oxygen atoms in total. The molecule has 1 aliphatic rings. The van der Waals surface area contributed by atoms with Crippen LogP contribution in [0.5, 0.6) is 0 Å². The Kier molecular flexibility index (Phi) is 2.76. The Labute approximate surface area is 90.7 Å². The smallest absolute Gasteiger partial charge is 0.217 e. The Bertz CT molecular complexity index is 373. The highest BCUT2D eigenvalue weighted by molar-refractivity contribution is 5.73. The largest absolute Gasteiger partial charge is 0.349 e. The summed E-state index contributed by atoms with van der Waals surface area (Å²) >= 11 is 0. The van der Waals surface area contributed by atoms with Crippen molar-refractivity contribution >= 4 is 5.91 Å². The van der Waals surface area contributed by atoms with Crippen molar-refractivity contribution in [1.82, 2.24) is 5.32 Å². The molecule has 1 aliphatic carbocycles. The van der Waals surface area contributed by atoms with E-state index < -0.39 is 0 Å². The number of rotatable bonds is 1. The molecule has 1 amide bonds. The Hall–Kier alpha value is -1.31.